The van der Waals surface area contributed by atoms with Crippen molar-refractivity contribution < 1.29 is 0 Å². The minimum absolute atomic E-state index is 1.15. The number of nitrogens with zero attached hydrogens (tertiary/aromatic N) is 1. The molecule has 0 aliphatic carbocycles. The molecule has 0 N–H and O–H groups in total. The summed E-state index contributed by atoms with van der Waals surface area (Å²) in [7, 11) is 0. The van der Waals surface area contributed by atoms with E-state index in [1.54, 1.807) is 11.3 Å². The molecule has 0 amide bonds. The highest BCUT2D eigenvalue weighted by atomic mass is 32.1. The molecular weight excluding hydrogens is 154 g/mol. The van der Waals surface area contributed by atoms with Gasteiger partial charge in [-0.25, -0.2) is 4.98 Å². The number of aryl methyl sites for hydroxylation is 2. The number of aromatic nitrogens is 1. The van der Waals surface area contributed by atoms with Crippen LogP contribution in [0.1, 0.15) is 10.4 Å². The Morgan fingerprint density at radius 3 is 2.91 bits per heavy atom. The Bertz CT molecular complexity index is 389. The van der Waals surface area contributed by atoms with Crippen molar-refractivity contribution in [1.82, 2.24) is 4.98 Å². The normalized spacial score (nSPS) is 10.7. The third-order valence-electron chi connectivity index (χ3n) is 1.63. The standard InChI is InChI=1S/C9H9NS/c1-6-3-8-4-7(2)11-9(8)10-5-6/h3-5H,1-2H3. The van der Waals surface area contributed by atoms with Crippen molar-refractivity contribution in [2.24, 2.45) is 0 Å². The fraction of sp³-hybridized carbons (Fsp3) is 0.222. The average Bonchev–Trinajstić information content (AvgIpc) is 2.27. The van der Waals surface area contributed by atoms with Crippen LogP contribution in [0.2, 0.25) is 0 Å². The third kappa shape index (κ3) is 1.14. The second-order valence-corrected chi connectivity index (χ2v) is 4.00. The summed E-state index contributed by atoms with van der Waals surface area (Å²) in [6, 6.07) is 4.35. The number of thiophene rings is 1. The van der Waals surface area contributed by atoms with Crippen LogP contribution in [0.25, 0.3) is 10.2 Å². The molecule has 0 bridgehead atoms. The first kappa shape index (κ1) is 6.80. The lowest BCUT2D eigenvalue weighted by Crippen LogP contribution is -1.73. The zero-order valence-corrected chi connectivity index (χ0v) is 7.40. The first-order valence-electron chi connectivity index (χ1n) is 3.58. The van der Waals surface area contributed by atoms with E-state index >= 15 is 0 Å². The first-order valence-corrected chi connectivity index (χ1v) is 4.40. The topological polar surface area (TPSA) is 12.9 Å². The van der Waals surface area contributed by atoms with Gasteiger partial charge in [-0.1, -0.05) is 0 Å². The van der Waals surface area contributed by atoms with Gasteiger partial charge in [-0.2, -0.15) is 0 Å². The molecule has 0 saturated carbocycles. The lowest BCUT2D eigenvalue weighted by Gasteiger charge is -1.89. The van der Waals surface area contributed by atoms with Crippen molar-refractivity contribution in [1.29, 1.82) is 0 Å². The second-order valence-electron chi connectivity index (χ2n) is 2.76. The van der Waals surface area contributed by atoms with Gasteiger partial charge in [-0.05, 0) is 31.5 Å². The van der Waals surface area contributed by atoms with Crippen LogP contribution in [-0.2, 0) is 0 Å². The maximum atomic E-state index is 4.32. The number of pyridine rings is 1. The Labute approximate surface area is 69.7 Å². The Morgan fingerprint density at radius 2 is 2.09 bits per heavy atom. The molecule has 0 aliphatic heterocycles. The van der Waals surface area contributed by atoms with Crippen molar-refractivity contribution >= 4 is 21.6 Å². The summed E-state index contributed by atoms with van der Waals surface area (Å²) in [6.45, 7) is 4.18. The molecule has 0 unspecified atom stereocenters. The monoisotopic (exact) mass is 163 g/mol. The van der Waals surface area contributed by atoms with Crippen LogP contribution in [0, 0.1) is 13.8 Å². The average molecular weight is 163 g/mol. The molecule has 2 aromatic heterocycles. The van der Waals surface area contributed by atoms with Crippen LogP contribution in [0.15, 0.2) is 18.3 Å². The van der Waals surface area contributed by atoms with Gasteiger partial charge in [0.15, 0.2) is 0 Å². The molecule has 0 saturated heterocycles. The summed E-state index contributed by atoms with van der Waals surface area (Å²) in [6.07, 6.45) is 1.91. The SMILES string of the molecule is Cc1cnc2sc(C)cc2c1. The molecular formula is C9H9NS. The molecule has 2 heterocycles. The highest BCUT2D eigenvalue weighted by Gasteiger charge is 1.97. The number of fused-ring (bicyclic) bond motifs is 1. The lowest BCUT2D eigenvalue weighted by atomic mass is 10.2. The van der Waals surface area contributed by atoms with Crippen LogP contribution < -0.4 is 0 Å². The molecule has 2 heteroatoms. The van der Waals surface area contributed by atoms with E-state index in [-0.39, 0.29) is 0 Å². The van der Waals surface area contributed by atoms with Gasteiger partial charge in [-0.3, -0.25) is 0 Å². The van der Waals surface area contributed by atoms with Crippen molar-refractivity contribution in [3.63, 3.8) is 0 Å². The van der Waals surface area contributed by atoms with Crippen molar-refractivity contribution in [3.05, 3.63) is 28.8 Å². The molecule has 0 aromatic carbocycles. The Morgan fingerprint density at radius 1 is 1.27 bits per heavy atom. The molecule has 56 valence electrons. The van der Waals surface area contributed by atoms with Gasteiger partial charge < -0.3 is 0 Å². The number of hydrogen-bond donors (Lipinski definition) is 0. The summed E-state index contributed by atoms with van der Waals surface area (Å²) in [5.74, 6) is 0. The van der Waals surface area contributed by atoms with Crippen LogP contribution in [0.3, 0.4) is 0 Å². The van der Waals surface area contributed by atoms with Gasteiger partial charge in [0.1, 0.15) is 4.83 Å². The van der Waals surface area contributed by atoms with Gasteiger partial charge in [0, 0.05) is 16.5 Å². The van der Waals surface area contributed by atoms with Crippen molar-refractivity contribution in [3.8, 4) is 0 Å². The molecule has 11 heavy (non-hydrogen) atoms. The largest absolute Gasteiger partial charge is 0.245 e. The molecule has 0 atom stereocenters. The van der Waals surface area contributed by atoms with Gasteiger partial charge >= 0.3 is 0 Å². The molecule has 0 radical (unpaired) electrons. The molecule has 2 aromatic rings. The molecule has 0 aliphatic rings. The summed E-state index contributed by atoms with van der Waals surface area (Å²) in [5, 5.41) is 1.27. The maximum absolute atomic E-state index is 4.32. The van der Waals surface area contributed by atoms with E-state index in [0.29, 0.717) is 0 Å². The van der Waals surface area contributed by atoms with E-state index in [4.69, 9.17) is 0 Å². The summed E-state index contributed by atoms with van der Waals surface area (Å²) in [4.78, 5) is 6.80. The summed E-state index contributed by atoms with van der Waals surface area (Å²) < 4.78 is 0. The van der Waals surface area contributed by atoms with E-state index in [0.717, 1.165) is 4.83 Å². The Kier molecular flexibility index (Phi) is 1.43. The minimum Gasteiger partial charge on any atom is -0.245 e. The highest BCUT2D eigenvalue weighted by molar-refractivity contribution is 7.18. The van der Waals surface area contributed by atoms with Gasteiger partial charge in [-0.15, -0.1) is 11.3 Å². The highest BCUT2D eigenvalue weighted by Crippen LogP contribution is 2.22. The van der Waals surface area contributed by atoms with Gasteiger partial charge in [0.2, 0.25) is 0 Å². The van der Waals surface area contributed by atoms with E-state index in [9.17, 15) is 0 Å². The van der Waals surface area contributed by atoms with Crippen LogP contribution >= 0.6 is 11.3 Å². The predicted octanol–water partition coefficient (Wildman–Crippen LogP) is 2.91. The number of hydrogen-bond acceptors (Lipinski definition) is 2. The quantitative estimate of drug-likeness (QED) is 0.582. The molecule has 2 rings (SSSR count). The molecule has 1 nitrogen and oxygen atoms in total. The minimum atomic E-state index is 1.15. The lowest BCUT2D eigenvalue weighted by molar-refractivity contribution is 1.35. The zero-order valence-electron chi connectivity index (χ0n) is 6.59. The van der Waals surface area contributed by atoms with Gasteiger partial charge in [0.05, 0.1) is 0 Å². The Hall–Kier alpha value is -0.890. The van der Waals surface area contributed by atoms with Crippen molar-refractivity contribution in [2.75, 3.05) is 0 Å². The van der Waals surface area contributed by atoms with E-state index in [1.807, 2.05) is 6.20 Å². The van der Waals surface area contributed by atoms with Crippen LogP contribution in [0.4, 0.5) is 0 Å². The van der Waals surface area contributed by atoms with Gasteiger partial charge in [0.25, 0.3) is 0 Å². The second kappa shape index (κ2) is 2.31. The third-order valence-corrected chi connectivity index (χ3v) is 2.61. The molecule has 0 fully saturated rings. The Balaban J connectivity index is 2.82. The van der Waals surface area contributed by atoms with E-state index < -0.39 is 0 Å². The van der Waals surface area contributed by atoms with Crippen LogP contribution in [0.5, 0.6) is 0 Å². The molecule has 0 spiro atoms. The first-order chi connectivity index (χ1) is 5.25. The van der Waals surface area contributed by atoms with E-state index in [1.165, 1.54) is 15.8 Å². The maximum Gasteiger partial charge on any atom is 0.123 e. The fourth-order valence-electron chi connectivity index (χ4n) is 1.17. The van der Waals surface area contributed by atoms with Crippen LogP contribution in [-0.4, -0.2) is 4.98 Å². The number of rotatable bonds is 0. The summed E-state index contributed by atoms with van der Waals surface area (Å²) in [5.41, 5.74) is 1.23. The smallest absolute Gasteiger partial charge is 0.123 e. The van der Waals surface area contributed by atoms with Crippen molar-refractivity contribution in [2.45, 2.75) is 13.8 Å². The predicted molar refractivity (Wildman–Crippen MR) is 49.1 cm³/mol. The van der Waals surface area contributed by atoms with E-state index in [2.05, 4.69) is 31.0 Å². The summed E-state index contributed by atoms with van der Waals surface area (Å²) >= 11 is 1.75. The fourth-order valence-corrected chi connectivity index (χ4v) is 2.00. The zero-order chi connectivity index (χ0) is 7.84.